The molecule has 0 saturated carbocycles. The third-order valence-corrected chi connectivity index (χ3v) is 3.62. The van der Waals surface area contributed by atoms with E-state index in [1.165, 1.54) is 16.7 Å². The second kappa shape index (κ2) is 5.86. The molecule has 0 radical (unpaired) electrons. The largest absolute Gasteiger partial charge is 0.444 e. The zero-order valence-electron chi connectivity index (χ0n) is 13.0. The monoisotopic (exact) mass is 275 g/mol. The lowest BCUT2D eigenvalue weighted by Crippen LogP contribution is -2.36. The third-order valence-electron chi connectivity index (χ3n) is 3.62. The number of amides is 1. The molecule has 1 amide bonds. The first-order valence-corrected chi connectivity index (χ1v) is 7.50. The molecule has 0 aromatic heterocycles. The van der Waals surface area contributed by atoms with Crippen LogP contribution in [-0.2, 0) is 17.6 Å². The van der Waals surface area contributed by atoms with E-state index < -0.39 is 5.60 Å². The van der Waals surface area contributed by atoms with Gasteiger partial charge in [0.25, 0.3) is 0 Å². The Hall–Kier alpha value is -1.51. The van der Waals surface area contributed by atoms with Crippen molar-refractivity contribution in [2.75, 3.05) is 0 Å². The van der Waals surface area contributed by atoms with Crippen LogP contribution in [0.1, 0.15) is 63.3 Å². The van der Waals surface area contributed by atoms with Crippen molar-refractivity contribution in [1.29, 1.82) is 0 Å². The van der Waals surface area contributed by atoms with Gasteiger partial charge in [-0.2, -0.15) is 0 Å². The molecule has 1 atom stereocenters. The molecule has 1 aliphatic carbocycles. The summed E-state index contributed by atoms with van der Waals surface area (Å²) < 4.78 is 5.36. The zero-order valence-corrected chi connectivity index (χ0v) is 13.0. The van der Waals surface area contributed by atoms with Gasteiger partial charge in [0, 0.05) is 0 Å². The number of alkyl carbamates (subject to hydrolysis) is 1. The van der Waals surface area contributed by atoms with Crippen LogP contribution in [0.2, 0.25) is 0 Å². The predicted octanol–water partition coefficient (Wildman–Crippen LogP) is 4.15. The van der Waals surface area contributed by atoms with Gasteiger partial charge < -0.3 is 10.1 Å². The van der Waals surface area contributed by atoms with Crippen molar-refractivity contribution in [2.45, 2.75) is 65.0 Å². The molecule has 1 N–H and O–H groups in total. The first-order chi connectivity index (χ1) is 9.39. The van der Waals surface area contributed by atoms with Crippen LogP contribution in [-0.4, -0.2) is 11.7 Å². The van der Waals surface area contributed by atoms with Gasteiger partial charge in [0.1, 0.15) is 5.60 Å². The SMILES string of the molecule is CCc1ccc2c(c1)C(NC(=O)OC(C)(C)C)CCC2. The Morgan fingerprint density at radius 1 is 1.40 bits per heavy atom. The van der Waals surface area contributed by atoms with Gasteiger partial charge >= 0.3 is 6.09 Å². The smallest absolute Gasteiger partial charge is 0.408 e. The summed E-state index contributed by atoms with van der Waals surface area (Å²) in [5.74, 6) is 0. The number of hydrogen-bond acceptors (Lipinski definition) is 2. The molecule has 1 aliphatic rings. The Labute approximate surface area is 121 Å². The lowest BCUT2D eigenvalue weighted by atomic mass is 9.86. The zero-order chi connectivity index (χ0) is 14.8. The van der Waals surface area contributed by atoms with Crippen molar-refractivity contribution in [1.82, 2.24) is 5.32 Å². The molecule has 1 aromatic rings. The lowest BCUT2D eigenvalue weighted by molar-refractivity contribution is 0.0498. The van der Waals surface area contributed by atoms with E-state index in [0.717, 1.165) is 25.7 Å². The fourth-order valence-electron chi connectivity index (χ4n) is 2.67. The summed E-state index contributed by atoms with van der Waals surface area (Å²) in [4.78, 5) is 12.0. The van der Waals surface area contributed by atoms with E-state index in [-0.39, 0.29) is 12.1 Å². The summed E-state index contributed by atoms with van der Waals surface area (Å²) in [6.45, 7) is 7.81. The van der Waals surface area contributed by atoms with Gasteiger partial charge in [-0.1, -0.05) is 25.1 Å². The summed E-state index contributed by atoms with van der Waals surface area (Å²) >= 11 is 0. The van der Waals surface area contributed by atoms with E-state index >= 15 is 0 Å². The van der Waals surface area contributed by atoms with Crippen LogP contribution in [0.3, 0.4) is 0 Å². The Balaban J connectivity index is 2.13. The molecule has 20 heavy (non-hydrogen) atoms. The fourth-order valence-corrected chi connectivity index (χ4v) is 2.67. The average molecular weight is 275 g/mol. The van der Waals surface area contributed by atoms with Gasteiger partial charge in [-0.15, -0.1) is 0 Å². The lowest BCUT2D eigenvalue weighted by Gasteiger charge is -2.28. The third kappa shape index (κ3) is 3.75. The highest BCUT2D eigenvalue weighted by molar-refractivity contribution is 5.68. The highest BCUT2D eigenvalue weighted by atomic mass is 16.6. The molecule has 0 fully saturated rings. The van der Waals surface area contributed by atoms with E-state index in [2.05, 4.69) is 30.4 Å². The van der Waals surface area contributed by atoms with Crippen LogP contribution in [0.15, 0.2) is 18.2 Å². The fraction of sp³-hybridized carbons (Fsp3) is 0.588. The van der Waals surface area contributed by atoms with Crippen molar-refractivity contribution in [3.05, 3.63) is 34.9 Å². The predicted molar refractivity (Wildman–Crippen MR) is 80.9 cm³/mol. The standard InChI is InChI=1S/C17H25NO2/c1-5-12-9-10-13-7-6-8-15(14(13)11-12)18-16(19)20-17(2,3)4/h9-11,15H,5-8H2,1-4H3,(H,18,19). The van der Waals surface area contributed by atoms with Crippen molar-refractivity contribution in [2.24, 2.45) is 0 Å². The highest BCUT2D eigenvalue weighted by Crippen LogP contribution is 2.31. The summed E-state index contributed by atoms with van der Waals surface area (Å²) in [5.41, 5.74) is 3.49. The number of carbonyl (C=O) groups excluding carboxylic acids is 1. The Kier molecular flexibility index (Phi) is 4.36. The van der Waals surface area contributed by atoms with Crippen molar-refractivity contribution < 1.29 is 9.53 Å². The maximum Gasteiger partial charge on any atom is 0.408 e. The molecular weight excluding hydrogens is 250 g/mol. The molecule has 0 spiro atoms. The molecule has 0 aliphatic heterocycles. The number of rotatable bonds is 2. The highest BCUT2D eigenvalue weighted by Gasteiger charge is 2.24. The van der Waals surface area contributed by atoms with Gasteiger partial charge in [0.15, 0.2) is 0 Å². The Bertz CT molecular complexity index is 488. The summed E-state index contributed by atoms with van der Waals surface area (Å²) in [6, 6.07) is 6.71. The Morgan fingerprint density at radius 2 is 2.15 bits per heavy atom. The second-order valence-corrected chi connectivity index (χ2v) is 6.48. The van der Waals surface area contributed by atoms with Crippen LogP contribution < -0.4 is 5.32 Å². The quantitative estimate of drug-likeness (QED) is 0.880. The number of hydrogen-bond donors (Lipinski definition) is 1. The average Bonchev–Trinajstić information content (AvgIpc) is 2.36. The molecule has 3 nitrogen and oxygen atoms in total. The maximum atomic E-state index is 12.0. The van der Waals surface area contributed by atoms with Crippen LogP contribution in [0, 0.1) is 0 Å². The van der Waals surface area contributed by atoms with E-state index in [9.17, 15) is 4.79 Å². The molecular formula is C17H25NO2. The molecule has 1 aromatic carbocycles. The summed E-state index contributed by atoms with van der Waals surface area (Å²) in [5, 5.41) is 3.02. The van der Waals surface area contributed by atoms with Gasteiger partial charge in [-0.3, -0.25) is 0 Å². The molecule has 0 bridgehead atoms. The van der Waals surface area contributed by atoms with E-state index in [1.54, 1.807) is 0 Å². The van der Waals surface area contributed by atoms with Gasteiger partial charge in [0.2, 0.25) is 0 Å². The van der Waals surface area contributed by atoms with E-state index in [1.807, 2.05) is 20.8 Å². The van der Waals surface area contributed by atoms with Gasteiger partial charge in [-0.05, 0) is 63.1 Å². The van der Waals surface area contributed by atoms with Gasteiger partial charge in [-0.25, -0.2) is 4.79 Å². The summed E-state index contributed by atoms with van der Waals surface area (Å²) in [7, 11) is 0. The van der Waals surface area contributed by atoms with Gasteiger partial charge in [0.05, 0.1) is 6.04 Å². The van der Waals surface area contributed by atoms with Crippen molar-refractivity contribution >= 4 is 6.09 Å². The number of benzene rings is 1. The minimum atomic E-state index is -0.452. The van der Waals surface area contributed by atoms with Crippen LogP contribution in [0.4, 0.5) is 4.79 Å². The second-order valence-electron chi connectivity index (χ2n) is 6.48. The topological polar surface area (TPSA) is 38.3 Å². The minimum Gasteiger partial charge on any atom is -0.444 e. The maximum absolute atomic E-state index is 12.0. The van der Waals surface area contributed by atoms with Crippen LogP contribution in [0.25, 0.3) is 0 Å². The number of carbonyl (C=O) groups is 1. The molecule has 2 rings (SSSR count). The van der Waals surface area contributed by atoms with Crippen molar-refractivity contribution in [3.8, 4) is 0 Å². The first kappa shape index (κ1) is 14.9. The van der Waals surface area contributed by atoms with Crippen LogP contribution >= 0.6 is 0 Å². The number of aryl methyl sites for hydroxylation is 2. The first-order valence-electron chi connectivity index (χ1n) is 7.50. The molecule has 0 heterocycles. The van der Waals surface area contributed by atoms with Crippen LogP contribution in [0.5, 0.6) is 0 Å². The molecule has 110 valence electrons. The number of ether oxygens (including phenoxy) is 1. The number of fused-ring (bicyclic) bond motifs is 1. The van der Waals surface area contributed by atoms with E-state index in [0.29, 0.717) is 0 Å². The van der Waals surface area contributed by atoms with Crippen molar-refractivity contribution in [3.63, 3.8) is 0 Å². The molecule has 1 unspecified atom stereocenters. The normalized spacial score (nSPS) is 18.3. The minimum absolute atomic E-state index is 0.0834. The van der Waals surface area contributed by atoms with E-state index in [4.69, 9.17) is 4.74 Å². The number of nitrogens with one attached hydrogen (secondary N) is 1. The summed E-state index contributed by atoms with van der Waals surface area (Å²) in [6.07, 6.45) is 3.90. The molecule has 3 heteroatoms. The molecule has 0 saturated heterocycles. The Morgan fingerprint density at radius 3 is 2.80 bits per heavy atom.